The van der Waals surface area contributed by atoms with Crippen LogP contribution in [0.25, 0.3) is 0 Å². The van der Waals surface area contributed by atoms with Crippen LogP contribution >= 0.6 is 0 Å². The molecule has 0 bridgehead atoms. The molecule has 0 spiro atoms. The van der Waals surface area contributed by atoms with Crippen LogP contribution in [0.5, 0.6) is 0 Å². The van der Waals surface area contributed by atoms with Gasteiger partial charge in [0.05, 0.1) is 11.8 Å². The average molecular weight is 236 g/mol. The van der Waals surface area contributed by atoms with E-state index in [2.05, 4.69) is 4.98 Å². The van der Waals surface area contributed by atoms with Crippen LogP contribution in [-0.4, -0.2) is 42.4 Å². The number of carbonyl (C=O) groups is 1. The Labute approximate surface area is 100 Å². The second-order valence-electron chi connectivity index (χ2n) is 4.19. The maximum Gasteiger partial charge on any atom is 0.356 e. The van der Waals surface area contributed by atoms with Gasteiger partial charge in [0.25, 0.3) is 0 Å². The molecule has 5 nitrogen and oxygen atoms in total. The molecule has 1 atom stereocenters. The van der Waals surface area contributed by atoms with Crippen LogP contribution in [0.1, 0.15) is 23.3 Å². The first kappa shape index (κ1) is 11.9. The van der Waals surface area contributed by atoms with Crippen LogP contribution in [0.15, 0.2) is 18.3 Å². The van der Waals surface area contributed by atoms with Crippen molar-refractivity contribution in [1.82, 2.24) is 4.98 Å². The highest BCUT2D eigenvalue weighted by Gasteiger charge is 2.20. The molecule has 0 amide bonds. The molecular weight excluding hydrogens is 220 g/mol. The first-order chi connectivity index (χ1) is 8.18. The fourth-order valence-corrected chi connectivity index (χ4v) is 2.06. The number of pyridine rings is 1. The Bertz CT molecular complexity index is 402. The van der Waals surface area contributed by atoms with Gasteiger partial charge in [-0.25, -0.2) is 9.78 Å². The number of aromatic carboxylic acids is 1. The Morgan fingerprint density at radius 1 is 1.71 bits per heavy atom. The standard InChI is InChI=1S/C12H16N2O3/c1-14(8-9-4-3-7-17-9)10-5-2-6-13-11(10)12(15)16/h2,5-6,9H,3-4,7-8H2,1H3,(H,15,16). The number of hydrogen-bond acceptors (Lipinski definition) is 4. The number of likely N-dealkylation sites (N-methyl/N-ethyl adjacent to an activating group) is 1. The molecule has 17 heavy (non-hydrogen) atoms. The van der Waals surface area contributed by atoms with Gasteiger partial charge >= 0.3 is 5.97 Å². The number of nitrogens with zero attached hydrogens (tertiary/aromatic N) is 2. The second-order valence-corrected chi connectivity index (χ2v) is 4.19. The van der Waals surface area contributed by atoms with Crippen LogP contribution in [0, 0.1) is 0 Å². The maximum atomic E-state index is 11.0. The Morgan fingerprint density at radius 2 is 2.53 bits per heavy atom. The number of aromatic nitrogens is 1. The predicted molar refractivity (Wildman–Crippen MR) is 63.4 cm³/mol. The van der Waals surface area contributed by atoms with E-state index in [-0.39, 0.29) is 11.8 Å². The van der Waals surface area contributed by atoms with E-state index in [9.17, 15) is 4.79 Å². The first-order valence-electron chi connectivity index (χ1n) is 5.69. The Balaban J connectivity index is 2.12. The molecule has 0 aliphatic carbocycles. The van der Waals surface area contributed by atoms with Crippen LogP contribution in [0.4, 0.5) is 5.69 Å². The highest BCUT2D eigenvalue weighted by atomic mass is 16.5. The largest absolute Gasteiger partial charge is 0.476 e. The summed E-state index contributed by atoms with van der Waals surface area (Å²) < 4.78 is 5.54. The molecule has 92 valence electrons. The third kappa shape index (κ3) is 2.74. The molecule has 0 saturated carbocycles. The van der Waals surface area contributed by atoms with Crippen LogP contribution in [0.3, 0.4) is 0 Å². The molecule has 1 N–H and O–H groups in total. The normalized spacial score (nSPS) is 19.2. The molecule has 2 rings (SSSR count). The molecule has 0 aromatic carbocycles. The lowest BCUT2D eigenvalue weighted by atomic mass is 10.2. The molecular formula is C12H16N2O3. The Kier molecular flexibility index (Phi) is 3.58. The molecule has 1 aromatic rings. The van der Waals surface area contributed by atoms with E-state index in [1.165, 1.54) is 6.20 Å². The summed E-state index contributed by atoms with van der Waals surface area (Å²) in [6.07, 6.45) is 3.80. The maximum absolute atomic E-state index is 11.0. The molecule has 1 fully saturated rings. The van der Waals surface area contributed by atoms with Gasteiger partial charge in [0, 0.05) is 26.4 Å². The minimum atomic E-state index is -1.00. The molecule has 2 heterocycles. The molecule has 1 unspecified atom stereocenters. The fourth-order valence-electron chi connectivity index (χ4n) is 2.06. The number of carboxylic acids is 1. The van der Waals surface area contributed by atoms with Crippen LogP contribution in [0.2, 0.25) is 0 Å². The van der Waals surface area contributed by atoms with Crippen LogP contribution < -0.4 is 4.90 Å². The van der Waals surface area contributed by atoms with Gasteiger partial charge in [-0.1, -0.05) is 0 Å². The smallest absolute Gasteiger partial charge is 0.356 e. The van der Waals surface area contributed by atoms with Gasteiger partial charge in [-0.15, -0.1) is 0 Å². The van der Waals surface area contributed by atoms with E-state index < -0.39 is 5.97 Å². The summed E-state index contributed by atoms with van der Waals surface area (Å²) in [5.74, 6) is -1.00. The molecule has 1 aliphatic rings. The van der Waals surface area contributed by atoms with Gasteiger partial charge in [-0.05, 0) is 25.0 Å². The van der Waals surface area contributed by atoms with Gasteiger partial charge < -0.3 is 14.7 Å². The molecule has 1 aromatic heterocycles. The van der Waals surface area contributed by atoms with E-state index in [1.807, 2.05) is 11.9 Å². The fraction of sp³-hybridized carbons (Fsp3) is 0.500. The highest BCUT2D eigenvalue weighted by molar-refractivity contribution is 5.92. The Morgan fingerprint density at radius 3 is 3.18 bits per heavy atom. The predicted octanol–water partition coefficient (Wildman–Crippen LogP) is 1.40. The number of ether oxygens (including phenoxy) is 1. The van der Waals surface area contributed by atoms with E-state index in [1.54, 1.807) is 12.1 Å². The summed E-state index contributed by atoms with van der Waals surface area (Å²) in [4.78, 5) is 16.8. The van der Waals surface area contributed by atoms with Crippen molar-refractivity contribution in [1.29, 1.82) is 0 Å². The van der Waals surface area contributed by atoms with Crippen molar-refractivity contribution in [2.75, 3.05) is 25.1 Å². The van der Waals surface area contributed by atoms with Crippen molar-refractivity contribution in [2.45, 2.75) is 18.9 Å². The molecule has 0 radical (unpaired) electrons. The van der Waals surface area contributed by atoms with E-state index in [4.69, 9.17) is 9.84 Å². The average Bonchev–Trinajstić information content (AvgIpc) is 2.81. The summed E-state index contributed by atoms with van der Waals surface area (Å²) in [5, 5.41) is 9.05. The van der Waals surface area contributed by atoms with E-state index >= 15 is 0 Å². The molecule has 5 heteroatoms. The third-order valence-electron chi connectivity index (χ3n) is 2.90. The quantitative estimate of drug-likeness (QED) is 0.856. The van der Waals surface area contributed by atoms with Crippen molar-refractivity contribution >= 4 is 11.7 Å². The number of carboxylic acid groups (broad SMARTS) is 1. The van der Waals surface area contributed by atoms with Gasteiger partial charge in [0.15, 0.2) is 5.69 Å². The van der Waals surface area contributed by atoms with Crippen molar-refractivity contribution < 1.29 is 14.6 Å². The third-order valence-corrected chi connectivity index (χ3v) is 2.90. The van der Waals surface area contributed by atoms with Gasteiger partial charge in [0.1, 0.15) is 0 Å². The SMILES string of the molecule is CN(CC1CCCO1)c1cccnc1C(=O)O. The monoisotopic (exact) mass is 236 g/mol. The van der Waals surface area contributed by atoms with Crippen molar-refractivity contribution in [3.05, 3.63) is 24.0 Å². The minimum absolute atomic E-state index is 0.0907. The lowest BCUT2D eigenvalue weighted by molar-refractivity contribution is 0.0690. The highest BCUT2D eigenvalue weighted by Crippen LogP contribution is 2.20. The first-order valence-corrected chi connectivity index (χ1v) is 5.69. The lowest BCUT2D eigenvalue weighted by Gasteiger charge is -2.23. The van der Waals surface area contributed by atoms with Crippen molar-refractivity contribution in [3.63, 3.8) is 0 Å². The molecule has 1 saturated heterocycles. The van der Waals surface area contributed by atoms with E-state index in [0.29, 0.717) is 12.2 Å². The zero-order chi connectivity index (χ0) is 12.3. The topological polar surface area (TPSA) is 62.7 Å². The summed E-state index contributed by atoms with van der Waals surface area (Å²) in [6, 6.07) is 3.51. The molecule has 1 aliphatic heterocycles. The zero-order valence-corrected chi connectivity index (χ0v) is 9.80. The summed E-state index contributed by atoms with van der Waals surface area (Å²) in [6.45, 7) is 1.50. The van der Waals surface area contributed by atoms with Gasteiger partial charge in [-0.3, -0.25) is 0 Å². The van der Waals surface area contributed by atoms with Crippen molar-refractivity contribution in [2.24, 2.45) is 0 Å². The summed E-state index contributed by atoms with van der Waals surface area (Å²) in [7, 11) is 1.87. The second kappa shape index (κ2) is 5.14. The van der Waals surface area contributed by atoms with Gasteiger partial charge in [-0.2, -0.15) is 0 Å². The number of hydrogen-bond donors (Lipinski definition) is 1. The van der Waals surface area contributed by atoms with Crippen molar-refractivity contribution in [3.8, 4) is 0 Å². The number of anilines is 1. The zero-order valence-electron chi connectivity index (χ0n) is 9.80. The van der Waals surface area contributed by atoms with E-state index in [0.717, 1.165) is 19.4 Å². The van der Waals surface area contributed by atoms with Gasteiger partial charge in [0.2, 0.25) is 0 Å². The Hall–Kier alpha value is -1.62. The summed E-state index contributed by atoms with van der Waals surface area (Å²) >= 11 is 0. The summed E-state index contributed by atoms with van der Waals surface area (Å²) in [5.41, 5.74) is 0.725. The minimum Gasteiger partial charge on any atom is -0.476 e. The lowest BCUT2D eigenvalue weighted by Crippen LogP contribution is -2.30. The van der Waals surface area contributed by atoms with Crippen LogP contribution in [-0.2, 0) is 4.74 Å². The number of rotatable bonds is 4.